The van der Waals surface area contributed by atoms with Crippen molar-refractivity contribution in [3.05, 3.63) is 53.5 Å². The van der Waals surface area contributed by atoms with Crippen molar-refractivity contribution in [3.8, 4) is 5.75 Å². The van der Waals surface area contributed by atoms with E-state index < -0.39 is 6.10 Å². The Morgan fingerprint density at radius 1 is 1.16 bits per heavy atom. The average Bonchev–Trinajstić information content (AvgIpc) is 2.94. The van der Waals surface area contributed by atoms with Gasteiger partial charge in [0.05, 0.1) is 7.11 Å². The first kappa shape index (κ1) is 13.7. The highest BCUT2D eigenvalue weighted by Crippen LogP contribution is 2.22. The topological polar surface area (TPSA) is 42.6 Å². The summed E-state index contributed by atoms with van der Waals surface area (Å²) in [6, 6.07) is 11.7. The van der Waals surface area contributed by atoms with Gasteiger partial charge < -0.3 is 14.3 Å². The third kappa shape index (κ3) is 3.61. The Balaban J connectivity index is 1.90. The second kappa shape index (κ2) is 6.43. The Bertz CT molecular complexity index is 499. The Hall–Kier alpha value is -1.74. The average molecular weight is 260 g/mol. The van der Waals surface area contributed by atoms with Gasteiger partial charge in [0.25, 0.3) is 0 Å². The van der Waals surface area contributed by atoms with E-state index in [1.54, 1.807) is 7.11 Å². The molecule has 102 valence electrons. The number of aliphatic hydroxyl groups excluding tert-OH is 1. The highest BCUT2D eigenvalue weighted by Gasteiger charge is 2.12. The second-order valence-corrected chi connectivity index (χ2v) is 4.56. The number of hydrogen-bond donors (Lipinski definition) is 1. The summed E-state index contributed by atoms with van der Waals surface area (Å²) < 4.78 is 10.7. The van der Waals surface area contributed by atoms with Gasteiger partial charge in [-0.15, -0.1) is 0 Å². The molecule has 19 heavy (non-hydrogen) atoms. The molecule has 1 unspecified atom stereocenters. The van der Waals surface area contributed by atoms with Crippen LogP contribution in [-0.4, -0.2) is 12.2 Å². The maximum atomic E-state index is 10.1. The van der Waals surface area contributed by atoms with E-state index in [2.05, 4.69) is 0 Å². The second-order valence-electron chi connectivity index (χ2n) is 4.56. The van der Waals surface area contributed by atoms with Crippen LogP contribution in [0.1, 0.15) is 36.5 Å². The standard InChI is InChI=1S/C16H20O3/c1-3-13-9-11-16(19-13)15(17)10-6-12-4-7-14(18-2)8-5-12/h4-5,7-9,11,15,17H,3,6,10H2,1-2H3. The summed E-state index contributed by atoms with van der Waals surface area (Å²) in [4.78, 5) is 0. The quantitative estimate of drug-likeness (QED) is 0.864. The van der Waals surface area contributed by atoms with Crippen LogP contribution in [0.3, 0.4) is 0 Å². The molecule has 1 N–H and O–H groups in total. The van der Waals surface area contributed by atoms with Crippen molar-refractivity contribution < 1.29 is 14.3 Å². The van der Waals surface area contributed by atoms with E-state index in [9.17, 15) is 5.11 Å². The summed E-state index contributed by atoms with van der Waals surface area (Å²) in [5, 5.41) is 10.1. The first-order valence-electron chi connectivity index (χ1n) is 6.62. The zero-order valence-electron chi connectivity index (χ0n) is 11.4. The molecule has 1 aromatic carbocycles. The minimum atomic E-state index is -0.539. The molecule has 0 fully saturated rings. The molecule has 0 saturated heterocycles. The lowest BCUT2D eigenvalue weighted by molar-refractivity contribution is 0.139. The molecule has 1 heterocycles. The molecule has 0 spiro atoms. The Labute approximate surface area is 113 Å². The first-order chi connectivity index (χ1) is 9.22. The third-order valence-electron chi connectivity index (χ3n) is 3.22. The number of rotatable bonds is 6. The molecule has 0 radical (unpaired) electrons. The molecule has 0 saturated carbocycles. The van der Waals surface area contributed by atoms with Gasteiger partial charge in [-0.25, -0.2) is 0 Å². The van der Waals surface area contributed by atoms with E-state index in [-0.39, 0.29) is 0 Å². The summed E-state index contributed by atoms with van der Waals surface area (Å²) in [6.07, 6.45) is 1.78. The van der Waals surface area contributed by atoms with E-state index in [0.29, 0.717) is 12.2 Å². The van der Waals surface area contributed by atoms with Crippen molar-refractivity contribution in [2.75, 3.05) is 7.11 Å². The molecule has 1 atom stereocenters. The largest absolute Gasteiger partial charge is 0.497 e. The fourth-order valence-electron chi connectivity index (χ4n) is 2.00. The van der Waals surface area contributed by atoms with Gasteiger partial charge >= 0.3 is 0 Å². The van der Waals surface area contributed by atoms with Crippen LogP contribution in [0.15, 0.2) is 40.8 Å². The van der Waals surface area contributed by atoms with Crippen LogP contribution in [0.4, 0.5) is 0 Å². The monoisotopic (exact) mass is 260 g/mol. The number of aryl methyl sites for hydroxylation is 2. The lowest BCUT2D eigenvalue weighted by Gasteiger charge is -2.08. The summed E-state index contributed by atoms with van der Waals surface area (Å²) in [5.41, 5.74) is 1.18. The van der Waals surface area contributed by atoms with Gasteiger partial charge in [0.15, 0.2) is 0 Å². The predicted molar refractivity (Wildman–Crippen MR) is 74.4 cm³/mol. The lowest BCUT2D eigenvalue weighted by atomic mass is 10.1. The molecule has 2 aromatic rings. The highest BCUT2D eigenvalue weighted by atomic mass is 16.5. The van der Waals surface area contributed by atoms with Crippen molar-refractivity contribution >= 4 is 0 Å². The number of aliphatic hydroxyl groups is 1. The molecule has 2 rings (SSSR count). The molecular weight excluding hydrogens is 240 g/mol. The van der Waals surface area contributed by atoms with E-state index in [0.717, 1.165) is 24.4 Å². The molecule has 0 amide bonds. The van der Waals surface area contributed by atoms with Crippen molar-refractivity contribution in [2.24, 2.45) is 0 Å². The van der Waals surface area contributed by atoms with Gasteiger partial charge in [-0.1, -0.05) is 19.1 Å². The Morgan fingerprint density at radius 2 is 1.89 bits per heavy atom. The Kier molecular flexibility index (Phi) is 4.63. The van der Waals surface area contributed by atoms with E-state index in [1.165, 1.54) is 5.56 Å². The van der Waals surface area contributed by atoms with Crippen molar-refractivity contribution in [2.45, 2.75) is 32.3 Å². The van der Waals surface area contributed by atoms with Gasteiger partial charge in [0.2, 0.25) is 0 Å². The molecule has 3 heteroatoms. The van der Waals surface area contributed by atoms with Crippen LogP contribution in [0.25, 0.3) is 0 Å². The van der Waals surface area contributed by atoms with Gasteiger partial charge in [-0.3, -0.25) is 0 Å². The van der Waals surface area contributed by atoms with Gasteiger partial charge in [0.1, 0.15) is 23.4 Å². The molecule has 0 aliphatic heterocycles. The van der Waals surface area contributed by atoms with Crippen LogP contribution in [0.5, 0.6) is 5.75 Å². The van der Waals surface area contributed by atoms with Crippen molar-refractivity contribution in [3.63, 3.8) is 0 Å². The van der Waals surface area contributed by atoms with Crippen LogP contribution in [0, 0.1) is 0 Å². The third-order valence-corrected chi connectivity index (χ3v) is 3.22. The van der Waals surface area contributed by atoms with Gasteiger partial charge in [-0.05, 0) is 42.7 Å². The minimum Gasteiger partial charge on any atom is -0.497 e. The predicted octanol–water partition coefficient (Wildman–Crippen LogP) is 3.52. The first-order valence-corrected chi connectivity index (χ1v) is 6.62. The van der Waals surface area contributed by atoms with E-state index in [4.69, 9.17) is 9.15 Å². The van der Waals surface area contributed by atoms with Crippen LogP contribution < -0.4 is 4.74 Å². The molecule has 0 bridgehead atoms. The minimum absolute atomic E-state index is 0.539. The maximum absolute atomic E-state index is 10.1. The fourth-order valence-corrected chi connectivity index (χ4v) is 2.00. The lowest BCUT2D eigenvalue weighted by Crippen LogP contribution is -1.98. The smallest absolute Gasteiger partial charge is 0.132 e. The summed E-state index contributed by atoms with van der Waals surface area (Å²) >= 11 is 0. The maximum Gasteiger partial charge on any atom is 0.132 e. The SMILES string of the molecule is CCc1ccc(C(O)CCc2ccc(OC)cc2)o1. The molecule has 0 aliphatic rings. The van der Waals surface area contributed by atoms with Gasteiger partial charge in [0, 0.05) is 6.42 Å². The van der Waals surface area contributed by atoms with E-state index >= 15 is 0 Å². The number of furan rings is 1. The van der Waals surface area contributed by atoms with Crippen LogP contribution in [0.2, 0.25) is 0 Å². The van der Waals surface area contributed by atoms with Crippen molar-refractivity contribution in [1.82, 2.24) is 0 Å². The summed E-state index contributed by atoms with van der Waals surface area (Å²) in [5.74, 6) is 2.42. The van der Waals surface area contributed by atoms with Crippen LogP contribution in [-0.2, 0) is 12.8 Å². The molecule has 3 nitrogen and oxygen atoms in total. The highest BCUT2D eigenvalue weighted by molar-refractivity contribution is 5.27. The fraction of sp³-hybridized carbons (Fsp3) is 0.375. The Morgan fingerprint density at radius 3 is 2.47 bits per heavy atom. The zero-order chi connectivity index (χ0) is 13.7. The van der Waals surface area contributed by atoms with Crippen molar-refractivity contribution in [1.29, 1.82) is 0 Å². The van der Waals surface area contributed by atoms with E-state index in [1.807, 2.05) is 43.3 Å². The number of hydrogen-bond acceptors (Lipinski definition) is 3. The number of ether oxygens (including phenoxy) is 1. The molecule has 0 aliphatic carbocycles. The zero-order valence-corrected chi connectivity index (χ0v) is 11.4. The molecular formula is C16H20O3. The normalized spacial score (nSPS) is 12.4. The number of benzene rings is 1. The summed E-state index contributed by atoms with van der Waals surface area (Å²) in [6.45, 7) is 2.03. The van der Waals surface area contributed by atoms with Crippen LogP contribution >= 0.6 is 0 Å². The molecule has 1 aromatic heterocycles. The van der Waals surface area contributed by atoms with Gasteiger partial charge in [-0.2, -0.15) is 0 Å². The summed E-state index contributed by atoms with van der Waals surface area (Å²) in [7, 11) is 1.65. The number of methoxy groups -OCH3 is 1.